The molecule has 0 amide bonds. The van der Waals surface area contributed by atoms with E-state index in [1.54, 1.807) is 6.33 Å². The second-order valence-corrected chi connectivity index (χ2v) is 9.50. The fourth-order valence-corrected chi connectivity index (χ4v) is 5.08. The van der Waals surface area contributed by atoms with E-state index in [1.165, 1.54) is 22.0 Å². The van der Waals surface area contributed by atoms with Crippen LogP contribution in [0.2, 0.25) is 0 Å². The third-order valence-electron chi connectivity index (χ3n) is 6.72. The lowest BCUT2D eigenvalue weighted by molar-refractivity contribution is -0.109. The maximum absolute atomic E-state index is 10.8. The van der Waals surface area contributed by atoms with E-state index in [2.05, 4.69) is 69.5 Å². The molecular weight excluding hydrogens is 424 g/mol. The van der Waals surface area contributed by atoms with Crippen molar-refractivity contribution >= 4 is 22.8 Å². The molecule has 1 saturated heterocycles. The summed E-state index contributed by atoms with van der Waals surface area (Å²) in [4.78, 5) is 21.3. The lowest BCUT2D eigenvalue weighted by atomic mass is 9.87. The molecule has 180 valence electrons. The van der Waals surface area contributed by atoms with Crippen LogP contribution in [0.15, 0.2) is 36.7 Å². The number of benzene rings is 1. The number of nitrogens with one attached hydrogen (secondary N) is 2. The molecule has 0 saturated carbocycles. The van der Waals surface area contributed by atoms with Crippen molar-refractivity contribution in [2.45, 2.75) is 45.4 Å². The standard InChI is InChI=1S/C25H29N5O.C2H7N/c1-16(2)23-21-14-19(18-8-10-29(11-9-18)12-13-31)5-7-22(21)28-24(23)20-6-4-17(3)30-25(20)26-15-27-30;1-3-2/h4-7,13-16,18,28H,8-12H2,1-3H3;3H,1-2H3. The van der Waals surface area contributed by atoms with Crippen molar-refractivity contribution in [1.82, 2.24) is 29.8 Å². The number of hydrogen-bond acceptors (Lipinski definition) is 5. The number of H-pyrrole nitrogens is 1. The first kappa shape index (κ1) is 24.1. The van der Waals surface area contributed by atoms with Gasteiger partial charge in [-0.05, 0) is 94.2 Å². The highest BCUT2D eigenvalue weighted by Gasteiger charge is 2.23. The summed E-state index contributed by atoms with van der Waals surface area (Å²) < 4.78 is 1.91. The maximum Gasteiger partial charge on any atom is 0.164 e. The lowest BCUT2D eigenvalue weighted by Gasteiger charge is -2.30. The summed E-state index contributed by atoms with van der Waals surface area (Å²) in [5, 5.41) is 8.45. The Morgan fingerprint density at radius 1 is 1.18 bits per heavy atom. The number of likely N-dealkylation sites (tertiary alicyclic amines) is 1. The molecule has 0 atom stereocenters. The molecule has 7 heteroatoms. The first-order valence-corrected chi connectivity index (χ1v) is 12.2. The van der Waals surface area contributed by atoms with Gasteiger partial charge in [0.25, 0.3) is 0 Å². The van der Waals surface area contributed by atoms with Crippen LogP contribution in [0.1, 0.15) is 55.3 Å². The number of hydrogen-bond donors (Lipinski definition) is 2. The van der Waals surface area contributed by atoms with Crippen LogP contribution >= 0.6 is 0 Å². The van der Waals surface area contributed by atoms with Crippen LogP contribution in [0.4, 0.5) is 0 Å². The predicted molar refractivity (Wildman–Crippen MR) is 139 cm³/mol. The van der Waals surface area contributed by atoms with E-state index < -0.39 is 0 Å². The molecule has 0 spiro atoms. The highest BCUT2D eigenvalue weighted by atomic mass is 16.1. The quantitative estimate of drug-likeness (QED) is 0.428. The predicted octanol–water partition coefficient (Wildman–Crippen LogP) is 4.52. The number of aromatic nitrogens is 4. The van der Waals surface area contributed by atoms with Gasteiger partial charge in [-0.2, -0.15) is 5.10 Å². The van der Waals surface area contributed by atoms with E-state index in [4.69, 9.17) is 0 Å². The molecule has 7 nitrogen and oxygen atoms in total. The van der Waals surface area contributed by atoms with Gasteiger partial charge in [0, 0.05) is 22.2 Å². The van der Waals surface area contributed by atoms with E-state index in [0.717, 1.165) is 54.8 Å². The zero-order valence-corrected chi connectivity index (χ0v) is 20.9. The maximum atomic E-state index is 10.8. The molecule has 1 aromatic carbocycles. The number of piperidine rings is 1. The van der Waals surface area contributed by atoms with Gasteiger partial charge in [-0.3, -0.25) is 4.90 Å². The van der Waals surface area contributed by atoms with E-state index in [9.17, 15) is 4.79 Å². The van der Waals surface area contributed by atoms with Gasteiger partial charge in [-0.25, -0.2) is 9.50 Å². The van der Waals surface area contributed by atoms with Crippen LogP contribution in [0.25, 0.3) is 27.8 Å². The van der Waals surface area contributed by atoms with Gasteiger partial charge in [0.15, 0.2) is 5.65 Å². The summed E-state index contributed by atoms with van der Waals surface area (Å²) in [7, 11) is 3.75. The number of carbonyl (C=O) groups is 1. The number of fused-ring (bicyclic) bond motifs is 2. The van der Waals surface area contributed by atoms with Gasteiger partial charge in [0.1, 0.15) is 12.6 Å². The summed E-state index contributed by atoms with van der Waals surface area (Å²) in [5.41, 5.74) is 8.09. The van der Waals surface area contributed by atoms with E-state index >= 15 is 0 Å². The molecule has 4 heterocycles. The zero-order chi connectivity index (χ0) is 24.2. The second kappa shape index (κ2) is 10.5. The van der Waals surface area contributed by atoms with Gasteiger partial charge in [-0.15, -0.1) is 0 Å². The Kier molecular flexibility index (Phi) is 7.44. The number of nitrogens with zero attached hydrogens (tertiary/aromatic N) is 4. The van der Waals surface area contributed by atoms with Crippen LogP contribution in [0, 0.1) is 6.92 Å². The van der Waals surface area contributed by atoms with E-state index in [-0.39, 0.29) is 0 Å². The molecule has 3 aromatic heterocycles. The molecule has 1 aliphatic rings. The normalized spacial score (nSPS) is 15.1. The van der Waals surface area contributed by atoms with Gasteiger partial charge in [-0.1, -0.05) is 19.9 Å². The minimum Gasteiger partial charge on any atom is -0.354 e. The summed E-state index contributed by atoms with van der Waals surface area (Å²) in [5.74, 6) is 0.922. The monoisotopic (exact) mass is 460 g/mol. The van der Waals surface area contributed by atoms with Gasteiger partial charge in [0.2, 0.25) is 0 Å². The molecule has 0 unspecified atom stereocenters. The molecule has 1 aliphatic heterocycles. The largest absolute Gasteiger partial charge is 0.354 e. The highest BCUT2D eigenvalue weighted by Crippen LogP contribution is 2.39. The van der Waals surface area contributed by atoms with Crippen molar-refractivity contribution in [2.24, 2.45) is 0 Å². The molecule has 4 aromatic rings. The first-order valence-electron chi connectivity index (χ1n) is 12.2. The van der Waals surface area contributed by atoms with E-state index in [1.807, 2.05) is 25.5 Å². The topological polar surface area (TPSA) is 78.3 Å². The third kappa shape index (κ3) is 4.63. The Balaban J connectivity index is 0.000000868. The minimum absolute atomic E-state index is 0.373. The van der Waals surface area contributed by atoms with Gasteiger partial charge in [0.05, 0.1) is 12.2 Å². The average molecular weight is 461 g/mol. The Labute approximate surface area is 201 Å². The zero-order valence-electron chi connectivity index (χ0n) is 20.9. The first-order chi connectivity index (χ1) is 16.5. The van der Waals surface area contributed by atoms with Crippen molar-refractivity contribution in [2.75, 3.05) is 33.7 Å². The molecule has 0 radical (unpaired) electrons. The Bertz CT molecular complexity index is 1260. The van der Waals surface area contributed by atoms with Crippen molar-refractivity contribution in [3.63, 3.8) is 0 Å². The van der Waals surface area contributed by atoms with Gasteiger partial charge >= 0.3 is 0 Å². The Hall–Kier alpha value is -3.03. The minimum atomic E-state index is 0.373. The molecule has 5 rings (SSSR count). The summed E-state index contributed by atoms with van der Waals surface area (Å²) in [6.45, 7) is 9.10. The van der Waals surface area contributed by atoms with Crippen molar-refractivity contribution in [1.29, 1.82) is 0 Å². The molecule has 0 bridgehead atoms. The van der Waals surface area contributed by atoms with Crippen molar-refractivity contribution in [3.8, 4) is 11.3 Å². The number of aryl methyl sites for hydroxylation is 1. The molecule has 0 aliphatic carbocycles. The second-order valence-electron chi connectivity index (χ2n) is 9.50. The number of pyridine rings is 1. The Morgan fingerprint density at radius 3 is 2.59 bits per heavy atom. The third-order valence-corrected chi connectivity index (χ3v) is 6.72. The summed E-state index contributed by atoms with van der Waals surface area (Å²) in [6.07, 6.45) is 4.84. The van der Waals surface area contributed by atoms with Crippen LogP contribution < -0.4 is 5.32 Å². The fraction of sp³-hybridized carbons (Fsp3) is 0.444. The SMILES string of the molecule is CNC.Cc1ccc(-c2[nH]c3ccc(C4CCN(CC=O)CC4)cc3c2C(C)C)c2ncnn12. The highest BCUT2D eigenvalue weighted by molar-refractivity contribution is 5.94. The van der Waals surface area contributed by atoms with Gasteiger partial charge < -0.3 is 15.1 Å². The molecule has 2 N–H and O–H groups in total. The number of aldehydes is 1. The fourth-order valence-electron chi connectivity index (χ4n) is 5.08. The molecule has 1 fully saturated rings. The van der Waals surface area contributed by atoms with E-state index in [0.29, 0.717) is 18.4 Å². The summed E-state index contributed by atoms with van der Waals surface area (Å²) >= 11 is 0. The number of rotatable bonds is 5. The van der Waals surface area contributed by atoms with Crippen LogP contribution in [-0.4, -0.2) is 64.5 Å². The molecule has 34 heavy (non-hydrogen) atoms. The average Bonchev–Trinajstić information content (AvgIpc) is 3.46. The lowest BCUT2D eigenvalue weighted by Crippen LogP contribution is -2.34. The number of aromatic amines is 1. The van der Waals surface area contributed by atoms with Crippen LogP contribution in [0.5, 0.6) is 0 Å². The van der Waals surface area contributed by atoms with Crippen molar-refractivity contribution < 1.29 is 4.79 Å². The van der Waals surface area contributed by atoms with Crippen LogP contribution in [0.3, 0.4) is 0 Å². The molecular formula is C27H36N6O. The summed E-state index contributed by atoms with van der Waals surface area (Å²) in [6, 6.07) is 11.1. The van der Waals surface area contributed by atoms with Crippen molar-refractivity contribution in [3.05, 3.63) is 53.5 Å². The van der Waals surface area contributed by atoms with Crippen LogP contribution in [-0.2, 0) is 4.79 Å². The smallest absolute Gasteiger partial charge is 0.164 e. The Morgan fingerprint density at radius 2 is 1.91 bits per heavy atom. The number of carbonyl (C=O) groups excluding carboxylic acids is 1.